The van der Waals surface area contributed by atoms with Gasteiger partial charge in [0, 0.05) is 25.0 Å². The van der Waals surface area contributed by atoms with E-state index in [2.05, 4.69) is 6.07 Å². The second-order valence-electron chi connectivity index (χ2n) is 12.8. The van der Waals surface area contributed by atoms with Crippen molar-refractivity contribution in [1.29, 1.82) is 0 Å². The zero-order valence-electron chi connectivity index (χ0n) is 28.0. The highest BCUT2D eigenvalue weighted by Gasteiger charge is 2.55. The Morgan fingerprint density at radius 3 is 2.11 bits per heavy atom. The van der Waals surface area contributed by atoms with Crippen LogP contribution in [0.2, 0.25) is 0 Å². The van der Waals surface area contributed by atoms with Crippen LogP contribution in [-0.2, 0) is 23.9 Å². The van der Waals surface area contributed by atoms with E-state index in [1.165, 1.54) is 13.2 Å². The summed E-state index contributed by atoms with van der Waals surface area (Å²) in [6, 6.07) is 27.3. The number of hydrogen-bond donors (Lipinski definition) is 0. The van der Waals surface area contributed by atoms with Gasteiger partial charge in [-0.25, -0.2) is 9.18 Å². The van der Waals surface area contributed by atoms with Crippen LogP contribution in [0, 0.1) is 37.9 Å². The summed E-state index contributed by atoms with van der Waals surface area (Å²) in [4.78, 5) is 14.3. The van der Waals surface area contributed by atoms with Crippen LogP contribution in [0.1, 0.15) is 48.6 Å². The first-order valence-electron chi connectivity index (χ1n) is 15.3. The lowest BCUT2D eigenvalue weighted by Crippen LogP contribution is -2.53. The minimum absolute atomic E-state index is 0.0143. The Labute approximate surface area is 275 Å². The summed E-state index contributed by atoms with van der Waals surface area (Å²) in [5.74, 6) is 0.567. The maximum absolute atomic E-state index is 14.8. The van der Waals surface area contributed by atoms with Crippen LogP contribution in [0.5, 0.6) is 5.75 Å². The smallest absolute Gasteiger partial charge is 0.347 e. The number of rotatable bonds is 11. The number of carbonyl (C=O) groups is 1. The third-order valence-corrected chi connectivity index (χ3v) is 11.3. The van der Waals surface area contributed by atoms with Gasteiger partial charge in [0.1, 0.15) is 22.1 Å². The van der Waals surface area contributed by atoms with Crippen LogP contribution in [0.25, 0.3) is 17.2 Å². The van der Waals surface area contributed by atoms with E-state index in [9.17, 15) is 13.8 Å². The third-order valence-electron chi connectivity index (χ3n) is 8.53. The zero-order chi connectivity index (χ0) is 33.7. The highest BCUT2D eigenvalue weighted by molar-refractivity contribution is 7.62. The Bertz CT molecular complexity index is 1750. The summed E-state index contributed by atoms with van der Waals surface area (Å²) >= 11 is 0. The summed E-state index contributed by atoms with van der Waals surface area (Å²) < 4.78 is 47.1. The van der Waals surface area contributed by atoms with Gasteiger partial charge < -0.3 is 13.7 Å². The number of ether oxygens (including phenoxy) is 1. The van der Waals surface area contributed by atoms with Crippen molar-refractivity contribution in [3.05, 3.63) is 130 Å². The van der Waals surface area contributed by atoms with Crippen molar-refractivity contribution < 1.29 is 27.4 Å². The van der Waals surface area contributed by atoms with Crippen molar-refractivity contribution in [2.24, 2.45) is 11.3 Å². The van der Waals surface area contributed by atoms with Crippen LogP contribution < -0.4 is 4.74 Å². The molecule has 3 atom stereocenters. The number of para-hydroxylation sites is 1. The molecular weight excluding hydrogens is 614 g/mol. The van der Waals surface area contributed by atoms with E-state index in [1.54, 1.807) is 43.1 Å². The molecule has 0 amide bonds. The highest BCUT2D eigenvalue weighted by Crippen LogP contribution is 2.57. The molecule has 3 unspecified atom stereocenters. The minimum Gasteiger partial charge on any atom is -0.424 e. The van der Waals surface area contributed by atoms with E-state index >= 15 is 0 Å². The van der Waals surface area contributed by atoms with Crippen molar-refractivity contribution in [2.75, 3.05) is 13.3 Å². The first-order valence-corrected chi connectivity index (χ1v) is 18.0. The number of esters is 1. The lowest BCUT2D eigenvalue weighted by atomic mass is 9.68. The Morgan fingerprint density at radius 2 is 1.54 bits per heavy atom. The molecule has 0 bridgehead atoms. The highest BCUT2D eigenvalue weighted by atomic mass is 31.2. The molecule has 0 N–H and O–H groups in total. The van der Waals surface area contributed by atoms with Gasteiger partial charge in [-0.2, -0.15) is 0 Å². The predicted molar refractivity (Wildman–Crippen MR) is 189 cm³/mol. The van der Waals surface area contributed by atoms with Crippen molar-refractivity contribution in [1.82, 2.24) is 0 Å². The first kappa shape index (κ1) is 35.2. The van der Waals surface area contributed by atoms with E-state index < -0.39 is 30.3 Å². The molecule has 4 aromatic rings. The fraction of sp³-hybridized carbons (Fsp3) is 0.289. The molecule has 0 aliphatic carbocycles. The summed E-state index contributed by atoms with van der Waals surface area (Å²) in [6.07, 6.45) is 1.85. The SMILES string of the molecule is COP(=O)(C=Cc1c(C)cc(C)cc1-c1ccc(F)c(C)c1)CC(C(C)(C)C)C(O[SiH3])(C(=O)Oc1ccccc1)c1ccccc1. The molecule has 0 saturated carbocycles. The van der Waals surface area contributed by atoms with Gasteiger partial charge in [0.2, 0.25) is 7.37 Å². The normalized spacial score (nSPS) is 15.3. The molecule has 0 aliphatic heterocycles. The second kappa shape index (κ2) is 14.4. The van der Waals surface area contributed by atoms with Gasteiger partial charge in [0.15, 0.2) is 5.60 Å². The molecule has 0 spiro atoms. The van der Waals surface area contributed by atoms with Crippen molar-refractivity contribution in [3.8, 4) is 16.9 Å². The van der Waals surface area contributed by atoms with Crippen molar-refractivity contribution >= 4 is 29.9 Å². The molecule has 0 radical (unpaired) electrons. The van der Waals surface area contributed by atoms with Gasteiger partial charge in [-0.05, 0) is 89.9 Å². The lowest BCUT2D eigenvalue weighted by molar-refractivity contribution is -0.162. The summed E-state index contributed by atoms with van der Waals surface area (Å²) in [5.41, 5.74) is 3.71. The van der Waals surface area contributed by atoms with Gasteiger partial charge in [0.25, 0.3) is 0 Å². The number of aryl methyl sites for hydroxylation is 3. The Hall–Kier alpha value is -3.61. The van der Waals surface area contributed by atoms with E-state index in [-0.39, 0.29) is 22.5 Å². The van der Waals surface area contributed by atoms with Gasteiger partial charge in [-0.3, -0.25) is 4.57 Å². The Morgan fingerprint density at radius 1 is 0.913 bits per heavy atom. The number of carbonyl (C=O) groups excluding carboxylic acids is 1. The summed E-state index contributed by atoms with van der Waals surface area (Å²) in [6.45, 7) is 11.8. The molecule has 0 aromatic heterocycles. The van der Waals surface area contributed by atoms with E-state index in [4.69, 9.17) is 13.7 Å². The molecule has 242 valence electrons. The fourth-order valence-corrected chi connectivity index (χ4v) is 8.83. The molecule has 4 aromatic carbocycles. The standard InChI is InChI=1S/C38H44FO5PSi/c1-26-22-27(2)32(33(23-26)29-18-19-34(39)28(3)24-29)20-21-45(41,42-7)25-35(37(4,5)6)38(44-46,30-14-10-8-11-15-30)36(40)43-31-16-12-9-13-17-31/h8-24,35H,25H2,1-7,46H3. The van der Waals surface area contributed by atoms with Gasteiger partial charge in [-0.15, -0.1) is 0 Å². The van der Waals surface area contributed by atoms with E-state index in [1.807, 2.05) is 89.2 Å². The molecule has 8 heteroatoms. The molecule has 0 heterocycles. The largest absolute Gasteiger partial charge is 0.424 e. The van der Waals surface area contributed by atoms with Crippen LogP contribution in [0.3, 0.4) is 0 Å². The van der Waals surface area contributed by atoms with E-state index in [0.29, 0.717) is 16.9 Å². The average Bonchev–Trinajstić information content (AvgIpc) is 3.02. The quantitative estimate of drug-likeness (QED) is 0.0698. The second-order valence-corrected chi connectivity index (χ2v) is 15.7. The van der Waals surface area contributed by atoms with E-state index in [0.717, 1.165) is 27.8 Å². The Kier molecular flexibility index (Phi) is 11.1. The Balaban J connectivity index is 1.83. The van der Waals surface area contributed by atoms with Crippen LogP contribution >= 0.6 is 7.37 Å². The number of benzene rings is 4. The maximum Gasteiger partial charge on any atom is 0.347 e. The maximum atomic E-state index is 14.8. The predicted octanol–water partition coefficient (Wildman–Crippen LogP) is 8.77. The molecule has 4 rings (SSSR count). The number of hydrogen-bond acceptors (Lipinski definition) is 5. The van der Waals surface area contributed by atoms with Crippen LogP contribution in [0.15, 0.2) is 96.8 Å². The van der Waals surface area contributed by atoms with Gasteiger partial charge in [-0.1, -0.05) is 93.1 Å². The van der Waals surface area contributed by atoms with Gasteiger partial charge >= 0.3 is 5.97 Å². The zero-order valence-corrected chi connectivity index (χ0v) is 30.9. The molecule has 46 heavy (non-hydrogen) atoms. The molecular formula is C38H44FO5PSi. The van der Waals surface area contributed by atoms with Crippen LogP contribution in [0.4, 0.5) is 4.39 Å². The average molecular weight is 659 g/mol. The summed E-state index contributed by atoms with van der Waals surface area (Å²) in [7, 11) is -1.90. The molecule has 0 fully saturated rings. The van der Waals surface area contributed by atoms with Crippen molar-refractivity contribution in [2.45, 2.75) is 47.1 Å². The molecule has 0 aliphatic rings. The molecule has 0 saturated heterocycles. The monoisotopic (exact) mass is 658 g/mol. The minimum atomic E-state index is -3.54. The molecule has 5 nitrogen and oxygen atoms in total. The summed E-state index contributed by atoms with van der Waals surface area (Å²) in [5, 5.41) is 0. The van der Waals surface area contributed by atoms with Gasteiger partial charge in [0.05, 0.1) is 0 Å². The number of halogens is 1. The topological polar surface area (TPSA) is 61.8 Å². The fourth-order valence-electron chi connectivity index (χ4n) is 6.06. The van der Waals surface area contributed by atoms with Crippen LogP contribution in [-0.4, -0.2) is 29.7 Å². The van der Waals surface area contributed by atoms with Crippen molar-refractivity contribution in [3.63, 3.8) is 0 Å². The first-order chi connectivity index (χ1) is 21.7. The third kappa shape index (κ3) is 7.67. The lowest BCUT2D eigenvalue weighted by Gasteiger charge is -2.45.